The van der Waals surface area contributed by atoms with Crippen LogP contribution in [0.4, 0.5) is 5.82 Å². The molecular formula is C10H8N3OS4. The second-order valence-corrected chi connectivity index (χ2v) is 8.61. The number of aromatic nitrogens is 2. The van der Waals surface area contributed by atoms with Crippen LogP contribution in [0.3, 0.4) is 0 Å². The van der Waals surface area contributed by atoms with Gasteiger partial charge in [0.2, 0.25) is 0 Å². The topological polar surface area (TPSA) is 74.9 Å². The molecule has 0 fully saturated rings. The number of hydrogen-bond donors (Lipinski definition) is 1. The molecule has 0 saturated heterocycles. The maximum atomic E-state index is 11.2. The summed E-state index contributed by atoms with van der Waals surface area (Å²) >= 11 is 6.60. The van der Waals surface area contributed by atoms with Gasteiger partial charge in [-0.15, -0.1) is 0 Å². The summed E-state index contributed by atoms with van der Waals surface area (Å²) in [7, 11) is 0. The number of fused-ring (bicyclic) bond motifs is 1. The first kappa shape index (κ1) is 12.5. The molecule has 18 heavy (non-hydrogen) atoms. The zero-order valence-corrected chi connectivity index (χ0v) is 12.8. The van der Waals surface area contributed by atoms with E-state index in [4.69, 9.17) is 5.73 Å². The van der Waals surface area contributed by atoms with Crippen molar-refractivity contribution in [3.63, 3.8) is 0 Å². The van der Waals surface area contributed by atoms with E-state index in [0.717, 1.165) is 9.48 Å². The fourth-order valence-corrected chi connectivity index (χ4v) is 6.61. The van der Waals surface area contributed by atoms with Crippen molar-refractivity contribution in [3.8, 4) is 6.01 Å². The van der Waals surface area contributed by atoms with Gasteiger partial charge < -0.3 is 10.8 Å². The Bertz CT molecular complexity index is 608. The van der Waals surface area contributed by atoms with Gasteiger partial charge in [0.25, 0.3) is 4.19 Å². The molecule has 0 aliphatic carbocycles. The van der Waals surface area contributed by atoms with Crippen LogP contribution < -0.4 is 10.8 Å². The van der Waals surface area contributed by atoms with E-state index in [1.54, 1.807) is 34.4 Å². The Labute approximate surface area is 121 Å². The van der Waals surface area contributed by atoms with Crippen LogP contribution in [0, 0.1) is 18.4 Å². The van der Waals surface area contributed by atoms with Gasteiger partial charge in [-0.1, -0.05) is 23.5 Å². The van der Waals surface area contributed by atoms with E-state index in [2.05, 4.69) is 23.8 Å². The van der Waals surface area contributed by atoms with Gasteiger partial charge in [0.1, 0.15) is 20.6 Å². The Hall–Kier alpha value is -0.570. The number of thioether (sulfide) groups is 2. The van der Waals surface area contributed by atoms with Crippen molar-refractivity contribution in [2.45, 2.75) is 23.8 Å². The lowest BCUT2D eigenvalue weighted by Gasteiger charge is -2.06. The van der Waals surface area contributed by atoms with Crippen LogP contribution in [0.2, 0.25) is 0 Å². The molecule has 0 saturated carbocycles. The van der Waals surface area contributed by atoms with Crippen LogP contribution in [0.5, 0.6) is 6.01 Å². The normalized spacial score (nSPS) is 15.0. The zero-order chi connectivity index (χ0) is 12.9. The Morgan fingerprint density at radius 1 is 1.22 bits per heavy atom. The molecule has 1 aliphatic heterocycles. The third kappa shape index (κ3) is 2.07. The van der Waals surface area contributed by atoms with Crippen LogP contribution in [0.25, 0.3) is 0 Å². The molecule has 1 aliphatic rings. The fourth-order valence-electron chi connectivity index (χ4n) is 1.40. The number of hydrogen-bond acceptors (Lipinski definition) is 7. The summed E-state index contributed by atoms with van der Waals surface area (Å²) in [6, 6.07) is -0.511. The predicted octanol–water partition coefficient (Wildman–Crippen LogP) is 2.89. The third-order valence-electron chi connectivity index (χ3n) is 2.38. The molecule has 3 rings (SSSR count). The van der Waals surface area contributed by atoms with Crippen molar-refractivity contribution in [1.29, 1.82) is 0 Å². The first-order chi connectivity index (χ1) is 8.54. The van der Waals surface area contributed by atoms with Crippen molar-refractivity contribution in [1.82, 2.24) is 9.97 Å². The van der Waals surface area contributed by atoms with Crippen molar-refractivity contribution >= 4 is 52.0 Å². The molecule has 3 heterocycles. The highest BCUT2D eigenvalue weighted by atomic mass is 32.2. The van der Waals surface area contributed by atoms with Gasteiger partial charge in [-0.2, -0.15) is 0 Å². The molecule has 0 unspecified atom stereocenters. The molecule has 0 bridgehead atoms. The van der Waals surface area contributed by atoms with E-state index in [0.29, 0.717) is 5.03 Å². The largest absolute Gasteiger partial charge is 0.844 e. The van der Waals surface area contributed by atoms with Gasteiger partial charge in [-0.05, 0) is 13.8 Å². The molecule has 1 radical (unpaired) electrons. The lowest BCUT2D eigenvalue weighted by Crippen LogP contribution is -2.02. The van der Waals surface area contributed by atoms with Gasteiger partial charge in [-0.25, -0.2) is 9.97 Å². The van der Waals surface area contributed by atoms with Crippen molar-refractivity contribution in [2.24, 2.45) is 0 Å². The molecule has 0 amide bonds. The first-order valence-corrected chi connectivity index (χ1v) is 8.29. The van der Waals surface area contributed by atoms with Crippen molar-refractivity contribution in [3.05, 3.63) is 18.5 Å². The zero-order valence-electron chi connectivity index (χ0n) is 9.51. The Kier molecular flexibility index (Phi) is 3.13. The molecule has 0 atom stereocenters. The van der Waals surface area contributed by atoms with Gasteiger partial charge in [0.15, 0.2) is 4.58 Å². The average Bonchev–Trinajstić information content (AvgIpc) is 2.84. The lowest BCUT2D eigenvalue weighted by atomic mass is 10.5. The van der Waals surface area contributed by atoms with E-state index >= 15 is 0 Å². The Balaban J connectivity index is 1.95. The molecule has 2 aromatic rings. The molecule has 93 valence electrons. The highest BCUT2D eigenvalue weighted by Crippen LogP contribution is 2.59. The maximum Gasteiger partial charge on any atom is 0.284 e. The number of nitrogen functional groups attached to an aromatic ring is 1. The summed E-state index contributed by atoms with van der Waals surface area (Å²) in [6.07, 6.45) is 0. The summed E-state index contributed by atoms with van der Waals surface area (Å²) in [5.74, 6) is 0.285. The van der Waals surface area contributed by atoms with E-state index in [1.165, 1.54) is 25.7 Å². The second kappa shape index (κ2) is 4.52. The Morgan fingerprint density at radius 3 is 2.67 bits per heavy atom. The average molecular weight is 314 g/mol. The SMILES string of the molecule is Cc1sc([C]2Sc3nc([O-])nc(N)c3S2)[s+]c1C. The van der Waals surface area contributed by atoms with Crippen LogP contribution >= 0.6 is 46.2 Å². The second-order valence-electron chi connectivity index (χ2n) is 3.62. The number of rotatable bonds is 1. The highest BCUT2D eigenvalue weighted by Gasteiger charge is 2.37. The summed E-state index contributed by atoms with van der Waals surface area (Å²) < 4.78 is 2.38. The van der Waals surface area contributed by atoms with E-state index in [9.17, 15) is 5.11 Å². The van der Waals surface area contributed by atoms with Crippen LogP contribution in [0.1, 0.15) is 13.9 Å². The smallest absolute Gasteiger partial charge is 0.284 e. The third-order valence-corrected chi connectivity index (χ3v) is 8.03. The van der Waals surface area contributed by atoms with Gasteiger partial charge in [0, 0.05) is 0 Å². The first-order valence-electron chi connectivity index (χ1n) is 5.02. The molecular weight excluding hydrogens is 306 g/mol. The minimum atomic E-state index is -0.511. The summed E-state index contributed by atoms with van der Waals surface area (Å²) in [5.41, 5.74) is 5.76. The number of nitrogens with two attached hydrogens (primary N) is 1. The molecule has 0 spiro atoms. The minimum Gasteiger partial charge on any atom is -0.844 e. The van der Waals surface area contributed by atoms with Crippen molar-refractivity contribution in [2.75, 3.05) is 5.73 Å². The molecule has 8 heteroatoms. The standard InChI is InChI=1S/C10H8N3OS4/c1-3-4(2)16-8(15-3)9-17-5-6(11)12-10(14)13-7(5)18-9/h1-2H3,(H2-,11,12,13,14). The number of anilines is 1. The molecule has 2 N–H and O–H groups in total. The number of nitrogens with zero attached hydrogens (tertiary/aromatic N) is 2. The molecule has 4 nitrogen and oxygen atoms in total. The fraction of sp³-hybridized carbons (Fsp3) is 0.200. The maximum absolute atomic E-state index is 11.2. The van der Waals surface area contributed by atoms with Gasteiger partial charge in [0.05, 0.1) is 33.6 Å². The minimum absolute atomic E-state index is 0.285. The van der Waals surface area contributed by atoms with Crippen LogP contribution in [-0.4, -0.2) is 9.97 Å². The van der Waals surface area contributed by atoms with Gasteiger partial charge in [-0.3, -0.25) is 0 Å². The van der Waals surface area contributed by atoms with Crippen LogP contribution in [-0.2, 0) is 0 Å². The predicted molar refractivity (Wildman–Crippen MR) is 76.0 cm³/mol. The molecule has 0 aromatic carbocycles. The van der Waals surface area contributed by atoms with Gasteiger partial charge >= 0.3 is 0 Å². The summed E-state index contributed by atoms with van der Waals surface area (Å²) in [5, 5.41) is 11.9. The number of aryl methyl sites for hydroxylation is 2. The van der Waals surface area contributed by atoms with E-state index < -0.39 is 6.01 Å². The van der Waals surface area contributed by atoms with E-state index in [-0.39, 0.29) is 5.82 Å². The Morgan fingerprint density at radius 2 is 2.00 bits per heavy atom. The lowest BCUT2D eigenvalue weighted by molar-refractivity contribution is -0.282. The van der Waals surface area contributed by atoms with Crippen LogP contribution in [0.15, 0.2) is 9.92 Å². The monoisotopic (exact) mass is 314 g/mol. The summed E-state index contributed by atoms with van der Waals surface area (Å²) in [6.45, 7) is 4.23. The molecule has 2 aromatic heterocycles. The highest BCUT2D eigenvalue weighted by molar-refractivity contribution is 8.23. The summed E-state index contributed by atoms with van der Waals surface area (Å²) in [4.78, 5) is 11.0. The van der Waals surface area contributed by atoms with E-state index in [1.807, 2.05) is 0 Å². The quantitative estimate of drug-likeness (QED) is 0.644. The van der Waals surface area contributed by atoms with Crippen molar-refractivity contribution < 1.29 is 5.11 Å².